The Bertz CT molecular complexity index is 4030. The SMILES string of the molecule is [2H]c1c([2H])c(C(C)(C)C)c([2H])c([2H])c1-c1cc(Oc2[c-]c3c(cc2)c2ccccc2n3-c2cc(C(C)(C)C)ccn2)[c-]c([N+]2=C=[N+](c3c(-c4ccc(F)cc4)cc(C(C)(C)C)cc3-c3ccc(F)cc3)c3ccccc32)c1.[Pt+2]. The quantitative estimate of drug-likeness (QED) is 0.112. The van der Waals surface area contributed by atoms with Crippen LogP contribution in [0.15, 0.2) is 176 Å². The van der Waals surface area contributed by atoms with Crippen molar-refractivity contribution in [1.82, 2.24) is 18.7 Å². The first-order chi connectivity index (χ1) is 36.5. The van der Waals surface area contributed by atoms with Crippen LogP contribution in [0.25, 0.3) is 61.0 Å². The van der Waals surface area contributed by atoms with E-state index >= 15 is 0 Å². The standard InChI is InChI=1S/C66H56F2N4O.Pt/c1-64(2,3)46-24-18-42(19-25-46)45-34-51(39-53(35-45)73-52-30-31-55-54-14-10-11-15-58(54)72(61(55)40-52)62-38-47(32-33-69-62)65(4,5)6)70-41-71(60-17-13-12-16-59(60)70)63-56(43-20-26-49(67)27-21-43)36-48(66(7,8)9)37-57(63)44-22-28-50(68)29-23-44;/h10-38H,1-9H3;/q;+2/i18D,19D,24D,25D;. The maximum Gasteiger partial charge on any atom is 2.00 e. The molecule has 0 unspecified atom stereocenters. The van der Waals surface area contributed by atoms with Crippen molar-refractivity contribution in [2.45, 2.75) is 78.6 Å². The number of para-hydroxylation sites is 3. The summed E-state index contributed by atoms with van der Waals surface area (Å²) < 4.78 is 79.6. The Morgan fingerprint density at radius 3 is 1.73 bits per heavy atom. The molecule has 368 valence electrons. The third-order valence-corrected chi connectivity index (χ3v) is 13.4. The van der Waals surface area contributed by atoms with Gasteiger partial charge in [-0.25, -0.2) is 13.8 Å². The molecule has 0 saturated heterocycles. The second kappa shape index (κ2) is 19.0. The maximum absolute atomic E-state index is 14.7. The second-order valence-electron chi connectivity index (χ2n) is 21.8. The van der Waals surface area contributed by atoms with Crippen LogP contribution in [0.4, 0.5) is 31.5 Å². The van der Waals surface area contributed by atoms with Crippen LogP contribution in [0, 0.1) is 23.8 Å². The Balaban J connectivity index is 0.00000688. The van der Waals surface area contributed by atoms with Crippen LogP contribution in [0.1, 0.15) is 84.5 Å². The zero-order chi connectivity index (χ0) is 54.5. The molecule has 0 amide bonds. The van der Waals surface area contributed by atoms with Gasteiger partial charge in [-0.05, 0) is 114 Å². The molecule has 0 saturated carbocycles. The summed E-state index contributed by atoms with van der Waals surface area (Å²) in [7, 11) is 0. The van der Waals surface area contributed by atoms with Crippen LogP contribution in [-0.4, -0.2) is 15.6 Å². The number of benzene rings is 8. The van der Waals surface area contributed by atoms with Crippen molar-refractivity contribution in [2.24, 2.45) is 0 Å². The molecule has 11 rings (SSSR count). The fraction of sp³-hybridized carbons (Fsp3) is 0.182. The maximum atomic E-state index is 14.7. The van der Waals surface area contributed by atoms with Crippen molar-refractivity contribution in [3.63, 3.8) is 0 Å². The summed E-state index contributed by atoms with van der Waals surface area (Å²) in [5.41, 5.74) is 9.10. The van der Waals surface area contributed by atoms with E-state index in [4.69, 9.17) is 9.72 Å². The van der Waals surface area contributed by atoms with Crippen molar-refractivity contribution in [3.8, 4) is 50.7 Å². The van der Waals surface area contributed by atoms with Crippen LogP contribution in [0.5, 0.6) is 11.5 Å². The van der Waals surface area contributed by atoms with E-state index in [-0.39, 0.29) is 79.0 Å². The second-order valence-corrected chi connectivity index (χ2v) is 21.8. The van der Waals surface area contributed by atoms with Crippen molar-refractivity contribution in [2.75, 3.05) is 0 Å². The minimum Gasteiger partial charge on any atom is -0.509 e. The average Bonchev–Trinajstić information content (AvgIpc) is 4.02. The van der Waals surface area contributed by atoms with Gasteiger partial charge in [0.25, 0.3) is 11.4 Å². The van der Waals surface area contributed by atoms with Crippen molar-refractivity contribution in [1.29, 1.82) is 0 Å². The number of nitrogens with zero attached hydrogens (tertiary/aromatic N) is 4. The molecule has 0 atom stereocenters. The number of fused-ring (bicyclic) bond motifs is 4. The number of pyridine rings is 1. The Kier molecular flexibility index (Phi) is 11.6. The first-order valence-corrected chi connectivity index (χ1v) is 24.5. The predicted octanol–water partition coefficient (Wildman–Crippen LogP) is 17.6. The average molecular weight is 1160 g/mol. The molecule has 0 bridgehead atoms. The zero-order valence-corrected chi connectivity index (χ0v) is 45.0. The van der Waals surface area contributed by atoms with Gasteiger partial charge < -0.3 is 9.30 Å². The summed E-state index contributed by atoms with van der Waals surface area (Å²) in [5.74, 6) is 0.563. The van der Waals surface area contributed by atoms with Gasteiger partial charge in [0.1, 0.15) is 23.1 Å². The van der Waals surface area contributed by atoms with Gasteiger partial charge in [-0.3, -0.25) is 0 Å². The molecule has 0 radical (unpaired) electrons. The van der Waals surface area contributed by atoms with Crippen LogP contribution in [-0.2, 0) is 37.3 Å². The molecule has 0 aliphatic carbocycles. The van der Waals surface area contributed by atoms with Crippen LogP contribution < -0.4 is 13.9 Å². The van der Waals surface area contributed by atoms with Gasteiger partial charge in [0.15, 0.2) is 0 Å². The molecule has 0 fully saturated rings. The molecule has 1 aliphatic rings. The monoisotopic (exact) mass is 1160 g/mol. The zero-order valence-electron chi connectivity index (χ0n) is 46.7. The van der Waals surface area contributed by atoms with Gasteiger partial charge >= 0.3 is 27.1 Å². The molecule has 1 aliphatic heterocycles. The first-order valence-electron chi connectivity index (χ1n) is 26.5. The smallest absolute Gasteiger partial charge is 0.509 e. The summed E-state index contributed by atoms with van der Waals surface area (Å²) >= 11 is 0. The third-order valence-electron chi connectivity index (χ3n) is 13.4. The molecule has 2 aromatic heterocycles. The summed E-state index contributed by atoms with van der Waals surface area (Å²) in [6.45, 7) is 18.5. The summed E-state index contributed by atoms with van der Waals surface area (Å²) in [6.07, 6.45) is 1.83. The molecule has 3 heterocycles. The van der Waals surface area contributed by atoms with Crippen LogP contribution >= 0.6 is 0 Å². The summed E-state index contributed by atoms with van der Waals surface area (Å²) in [4.78, 5) is 4.86. The molecule has 10 aromatic rings. The number of hydrogen-bond donors (Lipinski definition) is 0. The third kappa shape index (κ3) is 9.47. The van der Waals surface area contributed by atoms with E-state index in [0.29, 0.717) is 33.9 Å². The summed E-state index contributed by atoms with van der Waals surface area (Å²) in [6, 6.07) is 54.6. The van der Waals surface area contributed by atoms with Crippen molar-refractivity contribution >= 4 is 50.6 Å². The molecular formula is C66H56F2N4OPt+2. The van der Waals surface area contributed by atoms with E-state index in [1.54, 1.807) is 36.4 Å². The topological polar surface area (TPSA) is 33.1 Å². The van der Waals surface area contributed by atoms with Gasteiger partial charge in [0.05, 0.1) is 16.6 Å². The van der Waals surface area contributed by atoms with E-state index in [1.807, 2.05) is 90.7 Å². The van der Waals surface area contributed by atoms with E-state index < -0.39 is 5.41 Å². The van der Waals surface area contributed by atoms with Gasteiger partial charge in [-0.2, -0.15) is 6.07 Å². The number of aromatic nitrogens is 2. The number of halogens is 2. The number of ether oxygens (including phenoxy) is 1. The normalized spacial score (nSPS) is 13.4. The Morgan fingerprint density at radius 1 is 0.541 bits per heavy atom. The molecule has 8 heteroatoms. The minimum atomic E-state index is -0.681. The van der Waals surface area contributed by atoms with E-state index in [2.05, 4.69) is 94.6 Å². The van der Waals surface area contributed by atoms with E-state index in [0.717, 1.165) is 66.7 Å². The molecular weight excluding hydrogens is 1100 g/mol. The Labute approximate surface area is 452 Å². The van der Waals surface area contributed by atoms with E-state index in [1.165, 1.54) is 24.3 Å². The minimum absolute atomic E-state index is 0. The molecule has 0 spiro atoms. The predicted molar refractivity (Wildman–Crippen MR) is 296 cm³/mol. The molecule has 8 aromatic carbocycles. The van der Waals surface area contributed by atoms with Crippen LogP contribution in [0.3, 0.4) is 0 Å². The fourth-order valence-corrected chi connectivity index (χ4v) is 9.39. The number of rotatable bonds is 8. The Hall–Kier alpha value is -7.56. The van der Waals surface area contributed by atoms with Crippen molar-refractivity contribution in [3.05, 3.63) is 216 Å². The van der Waals surface area contributed by atoms with Gasteiger partial charge in [-0.15, -0.1) is 29.1 Å². The first kappa shape index (κ1) is 45.1. The van der Waals surface area contributed by atoms with Crippen LogP contribution in [0.2, 0.25) is 0 Å². The molecule has 5 nitrogen and oxygen atoms in total. The van der Waals surface area contributed by atoms with Gasteiger partial charge in [-0.1, -0.05) is 163 Å². The van der Waals surface area contributed by atoms with E-state index in [9.17, 15) is 14.3 Å². The summed E-state index contributed by atoms with van der Waals surface area (Å²) in [5, 5.41) is 1.97. The fourth-order valence-electron chi connectivity index (χ4n) is 9.39. The van der Waals surface area contributed by atoms with Gasteiger partial charge in [0, 0.05) is 35.3 Å². The largest absolute Gasteiger partial charge is 2.00 e. The number of hydrogen-bond acceptors (Lipinski definition) is 2. The Morgan fingerprint density at radius 2 is 1.12 bits per heavy atom. The molecule has 0 N–H and O–H groups in total. The van der Waals surface area contributed by atoms with Crippen molar-refractivity contribution < 1.29 is 40.1 Å². The molecule has 74 heavy (non-hydrogen) atoms. The van der Waals surface area contributed by atoms with Gasteiger partial charge in [0.2, 0.25) is 5.69 Å².